The number of ether oxygens (including phenoxy) is 1. The average Bonchev–Trinajstić information content (AvgIpc) is 2.14. The number of benzene rings is 1. The summed E-state index contributed by atoms with van der Waals surface area (Å²) >= 11 is 0. The van der Waals surface area contributed by atoms with Gasteiger partial charge in [-0.25, -0.2) is 4.79 Å². The minimum atomic E-state index is -2.73. The van der Waals surface area contributed by atoms with Crippen LogP contribution in [0.5, 0.6) is 5.75 Å². The van der Waals surface area contributed by atoms with E-state index < -0.39 is 13.0 Å². The molecule has 3 nitrogen and oxygen atoms in total. The lowest BCUT2D eigenvalue weighted by Gasteiger charge is -1.93. The molecule has 0 aliphatic heterocycles. The van der Waals surface area contributed by atoms with Crippen LogP contribution in [0.4, 0.5) is 0 Å². The van der Waals surface area contributed by atoms with E-state index in [1.54, 1.807) is 12.1 Å². The molecule has 0 aromatic heterocycles. The fraction of sp³-hybridized carbons (Fsp3) is 0.100. The number of carbonyl (C=O) groups is 1. The summed E-state index contributed by atoms with van der Waals surface area (Å²) in [5.74, 6) is -0.824. The molecule has 1 aromatic rings. The van der Waals surface area contributed by atoms with Gasteiger partial charge in [-0.2, -0.15) is 0 Å². The van der Waals surface area contributed by atoms with Crippen LogP contribution in [0.2, 0.25) is 0 Å². The molecule has 0 saturated heterocycles. The van der Waals surface area contributed by atoms with Crippen molar-refractivity contribution in [1.82, 2.24) is 0 Å². The Kier molecular flexibility index (Phi) is 1.92. The number of phenolic OH excluding ortho intramolecular Hbond substituents is 1. The molecule has 1 aromatic carbocycles. The molecule has 0 saturated carbocycles. The van der Waals surface area contributed by atoms with Crippen molar-refractivity contribution in [3.63, 3.8) is 0 Å². The fourth-order valence-electron chi connectivity index (χ4n) is 0.784. The van der Waals surface area contributed by atoms with E-state index in [0.717, 1.165) is 6.08 Å². The Morgan fingerprint density at radius 1 is 1.54 bits per heavy atom. The molecule has 0 amide bonds. The maximum Gasteiger partial charge on any atom is 0.330 e. The van der Waals surface area contributed by atoms with Crippen LogP contribution in [-0.4, -0.2) is 18.1 Å². The minimum absolute atomic E-state index is 0.113. The third-order valence-corrected chi connectivity index (χ3v) is 1.41. The summed E-state index contributed by atoms with van der Waals surface area (Å²) in [7, 11) is -2.73. The van der Waals surface area contributed by atoms with Gasteiger partial charge >= 0.3 is 5.97 Å². The standard InChI is InChI=1S/C10H10O3/c1-13-10(12)7-4-8-2-5-9(11)6-3-8/h2-7,11H,1H3/b7-4+/i1D3. The van der Waals surface area contributed by atoms with Crippen molar-refractivity contribution < 1.29 is 18.8 Å². The molecule has 0 spiro atoms. The van der Waals surface area contributed by atoms with Crippen LogP contribution < -0.4 is 0 Å². The van der Waals surface area contributed by atoms with Crippen molar-refractivity contribution in [2.75, 3.05) is 7.04 Å². The molecule has 0 atom stereocenters. The number of hydrogen-bond donors (Lipinski definition) is 1. The molecule has 0 radical (unpaired) electrons. The summed E-state index contributed by atoms with van der Waals surface area (Å²) in [5.41, 5.74) is 0.653. The van der Waals surface area contributed by atoms with Crippen LogP contribution in [0.15, 0.2) is 30.3 Å². The van der Waals surface area contributed by atoms with Gasteiger partial charge in [0.25, 0.3) is 0 Å². The van der Waals surface area contributed by atoms with Gasteiger partial charge in [-0.15, -0.1) is 0 Å². The Morgan fingerprint density at radius 2 is 2.23 bits per heavy atom. The zero-order valence-corrected chi connectivity index (χ0v) is 6.73. The smallest absolute Gasteiger partial charge is 0.330 e. The molecule has 0 heterocycles. The van der Waals surface area contributed by atoms with Crippen LogP contribution in [-0.2, 0) is 9.53 Å². The second kappa shape index (κ2) is 4.30. The van der Waals surface area contributed by atoms with E-state index in [1.165, 1.54) is 18.2 Å². The summed E-state index contributed by atoms with van der Waals surface area (Å²) in [6.07, 6.45) is 2.41. The lowest BCUT2D eigenvalue weighted by molar-refractivity contribution is -0.134. The van der Waals surface area contributed by atoms with E-state index in [0.29, 0.717) is 5.56 Å². The normalized spacial score (nSPS) is 14.6. The Bertz CT molecular complexity index is 393. The quantitative estimate of drug-likeness (QED) is 0.556. The molecular formula is C10H10O3. The largest absolute Gasteiger partial charge is 0.508 e. The number of esters is 1. The third-order valence-electron chi connectivity index (χ3n) is 1.41. The van der Waals surface area contributed by atoms with Crippen molar-refractivity contribution in [2.24, 2.45) is 0 Å². The van der Waals surface area contributed by atoms with Gasteiger partial charge in [-0.1, -0.05) is 12.1 Å². The summed E-state index contributed by atoms with van der Waals surface area (Å²) in [5, 5.41) is 9.00. The molecule has 1 rings (SSSR count). The number of hydrogen-bond acceptors (Lipinski definition) is 3. The minimum Gasteiger partial charge on any atom is -0.508 e. The first-order chi connectivity index (χ1) is 7.37. The van der Waals surface area contributed by atoms with E-state index in [-0.39, 0.29) is 5.75 Å². The highest BCUT2D eigenvalue weighted by Crippen LogP contribution is 2.10. The maximum atomic E-state index is 11.0. The predicted molar refractivity (Wildman–Crippen MR) is 49.2 cm³/mol. The molecule has 0 unspecified atom stereocenters. The van der Waals surface area contributed by atoms with Crippen LogP contribution in [0.3, 0.4) is 0 Å². The first kappa shape index (κ1) is 5.80. The van der Waals surface area contributed by atoms with E-state index in [9.17, 15) is 4.79 Å². The van der Waals surface area contributed by atoms with Crippen molar-refractivity contribution in [1.29, 1.82) is 0 Å². The van der Waals surface area contributed by atoms with Gasteiger partial charge in [0.05, 0.1) is 11.2 Å². The van der Waals surface area contributed by atoms with Gasteiger partial charge in [-0.05, 0) is 23.8 Å². The highest BCUT2D eigenvalue weighted by molar-refractivity contribution is 5.86. The van der Waals surface area contributed by atoms with Crippen LogP contribution in [0, 0.1) is 0 Å². The Morgan fingerprint density at radius 3 is 2.85 bits per heavy atom. The summed E-state index contributed by atoms with van der Waals surface area (Å²) in [6.45, 7) is 0. The maximum absolute atomic E-state index is 11.0. The molecule has 3 heteroatoms. The number of aromatic hydroxyl groups is 1. The van der Waals surface area contributed by atoms with Gasteiger partial charge in [-0.3, -0.25) is 0 Å². The molecule has 0 fully saturated rings. The van der Waals surface area contributed by atoms with Gasteiger partial charge in [0.1, 0.15) is 5.75 Å². The van der Waals surface area contributed by atoms with Crippen molar-refractivity contribution in [3.8, 4) is 5.75 Å². The molecule has 0 bridgehead atoms. The lowest BCUT2D eigenvalue weighted by Crippen LogP contribution is -1.92. The number of methoxy groups -OCH3 is 1. The molecule has 1 N–H and O–H groups in total. The van der Waals surface area contributed by atoms with Crippen molar-refractivity contribution in [3.05, 3.63) is 35.9 Å². The van der Waals surface area contributed by atoms with Gasteiger partial charge in [0, 0.05) is 6.08 Å². The topological polar surface area (TPSA) is 46.5 Å². The monoisotopic (exact) mass is 181 g/mol. The summed E-state index contributed by atoms with van der Waals surface area (Å²) in [6, 6.07) is 6.06. The number of rotatable bonds is 2. The van der Waals surface area contributed by atoms with Crippen LogP contribution in [0.1, 0.15) is 9.68 Å². The second-order valence-electron chi connectivity index (χ2n) is 2.35. The highest BCUT2D eigenvalue weighted by atomic mass is 16.5. The molecule has 0 aliphatic rings. The Balaban J connectivity index is 2.60. The van der Waals surface area contributed by atoms with E-state index in [4.69, 9.17) is 9.22 Å². The predicted octanol–water partition coefficient (Wildman–Crippen LogP) is 1.58. The van der Waals surface area contributed by atoms with E-state index >= 15 is 0 Å². The molecule has 68 valence electrons. The van der Waals surface area contributed by atoms with E-state index in [2.05, 4.69) is 4.74 Å². The van der Waals surface area contributed by atoms with Gasteiger partial charge in [0.2, 0.25) is 0 Å². The lowest BCUT2D eigenvalue weighted by atomic mass is 10.2. The molecule has 13 heavy (non-hydrogen) atoms. The van der Waals surface area contributed by atoms with Gasteiger partial charge < -0.3 is 9.84 Å². The Hall–Kier alpha value is -1.77. The zero-order valence-electron chi connectivity index (χ0n) is 9.73. The van der Waals surface area contributed by atoms with Crippen LogP contribution >= 0.6 is 0 Å². The summed E-state index contributed by atoms with van der Waals surface area (Å²) < 4.78 is 24.2. The fourth-order valence-corrected chi connectivity index (χ4v) is 0.784. The third kappa shape index (κ3) is 2.99. The SMILES string of the molecule is [2H]C([2H])([2H])OC(=O)/C=C/c1ccc(O)cc1. The van der Waals surface area contributed by atoms with Crippen molar-refractivity contribution >= 4 is 12.0 Å². The zero-order chi connectivity index (χ0) is 12.2. The number of phenols is 1. The second-order valence-corrected chi connectivity index (χ2v) is 2.35. The van der Waals surface area contributed by atoms with E-state index in [1.807, 2.05) is 0 Å². The molecular weight excluding hydrogens is 168 g/mol. The highest BCUT2D eigenvalue weighted by Gasteiger charge is 1.91. The first-order valence-corrected chi connectivity index (χ1v) is 3.57. The van der Waals surface area contributed by atoms with Crippen molar-refractivity contribution in [2.45, 2.75) is 0 Å². The van der Waals surface area contributed by atoms with Gasteiger partial charge in [0.15, 0.2) is 0 Å². The molecule has 0 aliphatic carbocycles. The first-order valence-electron chi connectivity index (χ1n) is 5.07. The Labute approximate surface area is 80.5 Å². The average molecular weight is 181 g/mol. The van der Waals surface area contributed by atoms with Crippen LogP contribution in [0.25, 0.3) is 6.08 Å². The summed E-state index contributed by atoms with van der Waals surface area (Å²) in [4.78, 5) is 11.0. The number of carbonyl (C=O) groups excluding carboxylic acids is 1.